The molecule has 0 amide bonds. The van der Waals surface area contributed by atoms with Crippen LogP contribution < -0.4 is 10.1 Å². The highest BCUT2D eigenvalue weighted by Gasteiger charge is 2.15. The van der Waals surface area contributed by atoms with Crippen LogP contribution in [0.25, 0.3) is 0 Å². The van der Waals surface area contributed by atoms with Gasteiger partial charge >= 0.3 is 0 Å². The molecule has 4 nitrogen and oxygen atoms in total. The zero-order chi connectivity index (χ0) is 14.7. The third-order valence-electron chi connectivity index (χ3n) is 3.04. The van der Waals surface area contributed by atoms with E-state index in [1.165, 1.54) is 0 Å². The molecule has 4 heteroatoms. The van der Waals surface area contributed by atoms with Crippen molar-refractivity contribution in [3.8, 4) is 5.88 Å². The summed E-state index contributed by atoms with van der Waals surface area (Å²) in [5.41, 5.74) is 2.05. The standard InChI is InChI=1S/C16H22N2O2/c1-10(2)19-16-15(7-6-8-17-16)18-12(4)14-9-11(3)20-13(14)5/h6-10,12,18H,1-5H3. The summed E-state index contributed by atoms with van der Waals surface area (Å²) in [6.45, 7) is 10.0. The normalized spacial score (nSPS) is 12.5. The van der Waals surface area contributed by atoms with Gasteiger partial charge < -0.3 is 14.5 Å². The van der Waals surface area contributed by atoms with E-state index in [4.69, 9.17) is 9.15 Å². The first kappa shape index (κ1) is 14.4. The van der Waals surface area contributed by atoms with E-state index in [0.717, 1.165) is 22.8 Å². The second kappa shape index (κ2) is 5.99. The number of nitrogens with zero attached hydrogens (tertiary/aromatic N) is 1. The highest BCUT2D eigenvalue weighted by Crippen LogP contribution is 2.29. The molecule has 0 spiro atoms. The van der Waals surface area contributed by atoms with Gasteiger partial charge in [-0.2, -0.15) is 0 Å². The Kier molecular flexibility index (Phi) is 4.32. The summed E-state index contributed by atoms with van der Waals surface area (Å²) >= 11 is 0. The van der Waals surface area contributed by atoms with Crippen LogP contribution in [0.15, 0.2) is 28.8 Å². The lowest BCUT2D eigenvalue weighted by Crippen LogP contribution is -2.12. The van der Waals surface area contributed by atoms with Gasteiger partial charge in [-0.25, -0.2) is 4.98 Å². The predicted molar refractivity (Wildman–Crippen MR) is 80.2 cm³/mol. The number of anilines is 1. The Bertz CT molecular complexity index is 576. The summed E-state index contributed by atoms with van der Waals surface area (Å²) in [6, 6.07) is 6.07. The number of hydrogen-bond donors (Lipinski definition) is 1. The first-order chi connectivity index (χ1) is 9.47. The largest absolute Gasteiger partial charge is 0.473 e. The maximum absolute atomic E-state index is 5.72. The van der Waals surface area contributed by atoms with E-state index in [1.807, 2.05) is 39.8 Å². The van der Waals surface area contributed by atoms with Crippen molar-refractivity contribution in [2.45, 2.75) is 46.8 Å². The number of aromatic nitrogens is 1. The van der Waals surface area contributed by atoms with Crippen LogP contribution >= 0.6 is 0 Å². The van der Waals surface area contributed by atoms with Gasteiger partial charge in [0.15, 0.2) is 0 Å². The molecule has 0 fully saturated rings. The lowest BCUT2D eigenvalue weighted by atomic mass is 10.1. The minimum absolute atomic E-state index is 0.0960. The van der Waals surface area contributed by atoms with Gasteiger partial charge in [0.25, 0.3) is 0 Å². The number of hydrogen-bond acceptors (Lipinski definition) is 4. The molecule has 0 aromatic carbocycles. The third-order valence-corrected chi connectivity index (χ3v) is 3.04. The van der Waals surface area contributed by atoms with Gasteiger partial charge in [-0.15, -0.1) is 0 Å². The van der Waals surface area contributed by atoms with E-state index in [1.54, 1.807) is 6.20 Å². The summed E-state index contributed by atoms with van der Waals surface area (Å²) in [7, 11) is 0. The van der Waals surface area contributed by atoms with Crippen molar-refractivity contribution < 1.29 is 9.15 Å². The molecule has 20 heavy (non-hydrogen) atoms. The second-order valence-corrected chi connectivity index (χ2v) is 5.26. The van der Waals surface area contributed by atoms with Crippen LogP contribution in [0.5, 0.6) is 5.88 Å². The SMILES string of the molecule is Cc1cc(C(C)Nc2cccnc2OC(C)C)c(C)o1. The number of nitrogens with one attached hydrogen (secondary N) is 1. The van der Waals surface area contributed by atoms with Crippen molar-refractivity contribution in [1.82, 2.24) is 4.98 Å². The van der Waals surface area contributed by atoms with E-state index in [2.05, 4.69) is 23.3 Å². The minimum Gasteiger partial charge on any atom is -0.473 e. The molecule has 0 bridgehead atoms. The Morgan fingerprint density at radius 2 is 2.00 bits per heavy atom. The summed E-state index contributed by atoms with van der Waals surface area (Å²) in [4.78, 5) is 4.29. The number of aryl methyl sites for hydroxylation is 2. The fourth-order valence-electron chi connectivity index (χ4n) is 2.21. The van der Waals surface area contributed by atoms with E-state index >= 15 is 0 Å². The van der Waals surface area contributed by atoms with Gasteiger partial charge in [-0.1, -0.05) is 0 Å². The van der Waals surface area contributed by atoms with Crippen LogP contribution in [0.3, 0.4) is 0 Å². The van der Waals surface area contributed by atoms with Gasteiger partial charge in [-0.05, 0) is 52.8 Å². The maximum Gasteiger partial charge on any atom is 0.237 e. The summed E-state index contributed by atoms with van der Waals surface area (Å²) in [5, 5.41) is 3.44. The molecule has 1 unspecified atom stereocenters. The van der Waals surface area contributed by atoms with Crippen LogP contribution in [0, 0.1) is 13.8 Å². The second-order valence-electron chi connectivity index (χ2n) is 5.26. The molecule has 2 heterocycles. The highest BCUT2D eigenvalue weighted by atomic mass is 16.5. The van der Waals surface area contributed by atoms with Crippen molar-refractivity contribution >= 4 is 5.69 Å². The first-order valence-corrected chi connectivity index (χ1v) is 6.92. The van der Waals surface area contributed by atoms with Gasteiger partial charge in [0.05, 0.1) is 17.8 Å². The predicted octanol–water partition coefficient (Wildman–Crippen LogP) is 4.25. The van der Waals surface area contributed by atoms with Gasteiger partial charge in [0.2, 0.25) is 5.88 Å². The lowest BCUT2D eigenvalue weighted by molar-refractivity contribution is 0.234. The third kappa shape index (κ3) is 3.32. The number of ether oxygens (including phenoxy) is 1. The zero-order valence-electron chi connectivity index (χ0n) is 12.7. The number of pyridine rings is 1. The molecular formula is C16H22N2O2. The molecule has 2 aromatic heterocycles. The van der Waals surface area contributed by atoms with Crippen molar-refractivity contribution in [1.29, 1.82) is 0 Å². The zero-order valence-corrected chi connectivity index (χ0v) is 12.7. The topological polar surface area (TPSA) is 47.3 Å². The molecule has 0 aliphatic rings. The van der Waals surface area contributed by atoms with Crippen molar-refractivity contribution in [3.63, 3.8) is 0 Å². The van der Waals surface area contributed by atoms with Crippen molar-refractivity contribution in [2.75, 3.05) is 5.32 Å². The van der Waals surface area contributed by atoms with Crippen molar-refractivity contribution in [2.24, 2.45) is 0 Å². The van der Waals surface area contributed by atoms with Gasteiger partial charge in [0, 0.05) is 11.8 Å². The average Bonchev–Trinajstić information content (AvgIpc) is 2.70. The van der Waals surface area contributed by atoms with Gasteiger partial charge in [0.1, 0.15) is 11.5 Å². The Labute approximate surface area is 120 Å². The van der Waals surface area contributed by atoms with Crippen LogP contribution in [-0.2, 0) is 0 Å². The molecule has 1 N–H and O–H groups in total. The Hall–Kier alpha value is -1.97. The highest BCUT2D eigenvalue weighted by molar-refractivity contribution is 5.53. The van der Waals surface area contributed by atoms with E-state index in [-0.39, 0.29) is 12.1 Å². The first-order valence-electron chi connectivity index (χ1n) is 6.92. The molecule has 108 valence electrons. The molecule has 0 radical (unpaired) electrons. The molecule has 0 aliphatic carbocycles. The van der Waals surface area contributed by atoms with Crippen LogP contribution in [-0.4, -0.2) is 11.1 Å². The Balaban J connectivity index is 2.19. The molecular weight excluding hydrogens is 252 g/mol. The minimum atomic E-state index is 0.0960. The molecule has 2 rings (SSSR count). The fourth-order valence-corrected chi connectivity index (χ4v) is 2.21. The van der Waals surface area contributed by atoms with Crippen molar-refractivity contribution in [3.05, 3.63) is 41.5 Å². The molecule has 0 aliphatic heterocycles. The monoisotopic (exact) mass is 274 g/mol. The molecule has 0 saturated carbocycles. The summed E-state index contributed by atoms with van der Waals surface area (Å²) in [6.07, 6.45) is 1.83. The van der Waals surface area contributed by atoms with Crippen LogP contribution in [0.2, 0.25) is 0 Å². The van der Waals surface area contributed by atoms with Crippen LogP contribution in [0.1, 0.15) is 43.9 Å². The fraction of sp³-hybridized carbons (Fsp3) is 0.438. The Morgan fingerprint density at radius 3 is 2.60 bits per heavy atom. The smallest absolute Gasteiger partial charge is 0.237 e. The van der Waals surface area contributed by atoms with E-state index in [9.17, 15) is 0 Å². The summed E-state index contributed by atoms with van der Waals surface area (Å²) < 4.78 is 11.3. The molecule has 2 aromatic rings. The number of furan rings is 1. The van der Waals surface area contributed by atoms with Crippen LogP contribution in [0.4, 0.5) is 5.69 Å². The number of rotatable bonds is 5. The summed E-state index contributed by atoms with van der Waals surface area (Å²) in [5.74, 6) is 2.50. The molecule has 1 atom stereocenters. The van der Waals surface area contributed by atoms with E-state index < -0.39 is 0 Å². The quantitative estimate of drug-likeness (QED) is 0.885. The lowest BCUT2D eigenvalue weighted by Gasteiger charge is -2.18. The van der Waals surface area contributed by atoms with E-state index in [0.29, 0.717) is 5.88 Å². The maximum atomic E-state index is 5.72. The van der Waals surface area contributed by atoms with Gasteiger partial charge in [-0.3, -0.25) is 0 Å². The Morgan fingerprint density at radius 1 is 1.25 bits per heavy atom. The average molecular weight is 274 g/mol. The molecule has 0 saturated heterocycles.